The number of halogens is 2. The molecule has 4 aromatic rings. The summed E-state index contributed by atoms with van der Waals surface area (Å²) >= 11 is 6.12. The zero-order valence-corrected chi connectivity index (χ0v) is 26.9. The van der Waals surface area contributed by atoms with Crippen molar-refractivity contribution in [3.05, 3.63) is 131 Å². The first-order chi connectivity index (χ1) is 21.6. The minimum absolute atomic E-state index is 0.0207. The fraction of sp³-hybridized carbons (Fsp3) is 0.257. The molecule has 1 N–H and O–H groups in total. The van der Waals surface area contributed by atoms with E-state index in [4.69, 9.17) is 11.6 Å². The van der Waals surface area contributed by atoms with Gasteiger partial charge in [0.1, 0.15) is 18.4 Å². The molecule has 0 saturated heterocycles. The van der Waals surface area contributed by atoms with E-state index in [-0.39, 0.29) is 29.5 Å². The Morgan fingerprint density at radius 1 is 0.867 bits per heavy atom. The van der Waals surface area contributed by atoms with E-state index < -0.39 is 34.3 Å². The van der Waals surface area contributed by atoms with Gasteiger partial charge in [-0.05, 0) is 73.0 Å². The van der Waals surface area contributed by atoms with Crippen LogP contribution in [0, 0.1) is 12.7 Å². The summed E-state index contributed by atoms with van der Waals surface area (Å²) in [5.74, 6) is -1.49. The molecule has 0 aromatic heterocycles. The van der Waals surface area contributed by atoms with Gasteiger partial charge in [-0.3, -0.25) is 13.9 Å². The van der Waals surface area contributed by atoms with Gasteiger partial charge >= 0.3 is 0 Å². The van der Waals surface area contributed by atoms with E-state index in [1.165, 1.54) is 29.2 Å². The van der Waals surface area contributed by atoms with Crippen LogP contribution in [0.3, 0.4) is 0 Å². The summed E-state index contributed by atoms with van der Waals surface area (Å²) < 4.78 is 42.9. The van der Waals surface area contributed by atoms with Crippen molar-refractivity contribution >= 4 is 39.1 Å². The first-order valence-electron chi connectivity index (χ1n) is 14.8. The van der Waals surface area contributed by atoms with Crippen LogP contribution in [0.2, 0.25) is 5.02 Å². The molecule has 0 aliphatic heterocycles. The van der Waals surface area contributed by atoms with Crippen LogP contribution in [0.1, 0.15) is 36.5 Å². The van der Waals surface area contributed by atoms with Crippen molar-refractivity contribution in [2.24, 2.45) is 0 Å². The fourth-order valence-electron chi connectivity index (χ4n) is 4.82. The number of aryl methyl sites for hydroxylation is 1. The summed E-state index contributed by atoms with van der Waals surface area (Å²) in [7, 11) is -4.27. The second-order valence-electron chi connectivity index (χ2n) is 10.8. The van der Waals surface area contributed by atoms with E-state index in [2.05, 4.69) is 5.32 Å². The topological polar surface area (TPSA) is 86.8 Å². The molecule has 0 fully saturated rings. The molecule has 4 rings (SSSR count). The summed E-state index contributed by atoms with van der Waals surface area (Å²) in [5.41, 5.74) is 2.53. The van der Waals surface area contributed by atoms with Crippen molar-refractivity contribution in [2.75, 3.05) is 17.4 Å². The second-order valence-corrected chi connectivity index (χ2v) is 13.1. The molecule has 0 aliphatic rings. The van der Waals surface area contributed by atoms with E-state index in [0.29, 0.717) is 17.1 Å². The summed E-state index contributed by atoms with van der Waals surface area (Å²) in [6, 6.07) is 26.5. The SMILES string of the molecule is CCCCNC(=O)[C@@H](Cc1ccccc1)N(Cc1ccc(Cl)cc1)C(=O)CN(c1ccc(F)cc1)S(=O)(=O)c1ccc(C)cc1. The zero-order chi connectivity index (χ0) is 32.4. The van der Waals surface area contributed by atoms with Gasteiger partial charge in [-0.25, -0.2) is 12.8 Å². The highest BCUT2D eigenvalue weighted by Crippen LogP contribution is 2.26. The summed E-state index contributed by atoms with van der Waals surface area (Å²) in [6.45, 7) is 3.69. The molecule has 0 unspecified atom stereocenters. The average Bonchev–Trinajstić information content (AvgIpc) is 3.03. The number of hydrogen-bond donors (Lipinski definition) is 1. The fourth-order valence-corrected chi connectivity index (χ4v) is 6.36. The average molecular weight is 650 g/mol. The third-order valence-corrected chi connectivity index (χ3v) is 9.41. The maximum atomic E-state index is 14.4. The molecule has 0 radical (unpaired) electrons. The molecule has 45 heavy (non-hydrogen) atoms. The summed E-state index contributed by atoms with van der Waals surface area (Å²) in [6.07, 6.45) is 1.85. The number of benzene rings is 4. The Balaban J connectivity index is 1.78. The lowest BCUT2D eigenvalue weighted by molar-refractivity contribution is -0.140. The van der Waals surface area contributed by atoms with Crippen molar-refractivity contribution in [2.45, 2.75) is 50.6 Å². The molecule has 1 atom stereocenters. The van der Waals surface area contributed by atoms with Gasteiger partial charge in [0.05, 0.1) is 10.6 Å². The van der Waals surface area contributed by atoms with Crippen molar-refractivity contribution in [3.63, 3.8) is 0 Å². The van der Waals surface area contributed by atoms with Crippen molar-refractivity contribution in [1.82, 2.24) is 10.2 Å². The normalized spacial score (nSPS) is 11.9. The molecule has 0 saturated carbocycles. The third kappa shape index (κ3) is 9.15. The van der Waals surface area contributed by atoms with Crippen molar-refractivity contribution in [1.29, 1.82) is 0 Å². The van der Waals surface area contributed by atoms with E-state index in [9.17, 15) is 22.4 Å². The zero-order valence-electron chi connectivity index (χ0n) is 25.3. The molecule has 236 valence electrons. The van der Waals surface area contributed by atoms with Gasteiger partial charge in [-0.2, -0.15) is 0 Å². The number of unbranched alkanes of at least 4 members (excludes halogenated alkanes) is 1. The number of sulfonamides is 1. The molecule has 2 amide bonds. The van der Waals surface area contributed by atoms with Crippen LogP contribution >= 0.6 is 11.6 Å². The predicted molar refractivity (Wildman–Crippen MR) is 176 cm³/mol. The number of amides is 2. The third-order valence-electron chi connectivity index (χ3n) is 7.37. The highest BCUT2D eigenvalue weighted by Gasteiger charge is 2.34. The van der Waals surface area contributed by atoms with Crippen LogP contribution in [0.5, 0.6) is 0 Å². The Kier molecular flexibility index (Phi) is 11.7. The van der Waals surface area contributed by atoms with Gasteiger partial charge < -0.3 is 10.2 Å². The number of nitrogens with one attached hydrogen (secondary N) is 1. The van der Waals surface area contributed by atoms with Crippen LogP contribution in [0.15, 0.2) is 108 Å². The minimum Gasteiger partial charge on any atom is -0.354 e. The molecule has 7 nitrogen and oxygen atoms in total. The summed E-state index contributed by atoms with van der Waals surface area (Å²) in [5, 5.41) is 3.47. The van der Waals surface area contributed by atoms with Crippen LogP contribution in [-0.2, 0) is 32.6 Å². The summed E-state index contributed by atoms with van der Waals surface area (Å²) in [4.78, 5) is 29.6. The molecule has 10 heteroatoms. The molecule has 0 heterocycles. The predicted octanol–water partition coefficient (Wildman–Crippen LogP) is 6.54. The molecular formula is C35H37ClFN3O4S. The first kappa shape index (κ1) is 33.7. The maximum absolute atomic E-state index is 14.4. The lowest BCUT2D eigenvalue weighted by Crippen LogP contribution is -2.53. The second kappa shape index (κ2) is 15.7. The number of anilines is 1. The lowest BCUT2D eigenvalue weighted by atomic mass is 10.0. The standard InChI is InChI=1S/C35H37ClFN3O4S/c1-3-4-22-38-35(42)33(23-27-8-6-5-7-9-27)39(24-28-12-14-29(36)15-13-28)34(41)25-40(31-18-16-30(37)17-19-31)45(43,44)32-20-10-26(2)11-21-32/h5-21,33H,3-4,22-25H2,1-2H3,(H,38,42)/t33-/m1/s1. The van der Waals surface area contributed by atoms with Gasteiger partial charge in [0, 0.05) is 24.5 Å². The number of rotatable bonds is 14. The highest BCUT2D eigenvalue weighted by molar-refractivity contribution is 7.92. The quantitative estimate of drug-likeness (QED) is 0.157. The van der Waals surface area contributed by atoms with Crippen LogP contribution < -0.4 is 9.62 Å². The number of hydrogen-bond acceptors (Lipinski definition) is 4. The molecule has 0 bridgehead atoms. The minimum atomic E-state index is -4.27. The van der Waals surface area contributed by atoms with Gasteiger partial charge in [0.2, 0.25) is 11.8 Å². The molecule has 4 aromatic carbocycles. The van der Waals surface area contributed by atoms with E-state index in [1.807, 2.05) is 44.2 Å². The number of nitrogens with zero attached hydrogens (tertiary/aromatic N) is 2. The monoisotopic (exact) mass is 649 g/mol. The Hall–Kier alpha value is -4.21. The van der Waals surface area contributed by atoms with Crippen LogP contribution in [0.25, 0.3) is 0 Å². The van der Waals surface area contributed by atoms with E-state index in [1.54, 1.807) is 36.4 Å². The van der Waals surface area contributed by atoms with E-state index >= 15 is 0 Å². The largest absolute Gasteiger partial charge is 0.354 e. The van der Waals surface area contributed by atoms with Crippen LogP contribution in [-0.4, -0.2) is 44.3 Å². The number of carbonyl (C=O) groups is 2. The Morgan fingerprint density at radius 3 is 2.13 bits per heavy atom. The Labute approximate surface area is 269 Å². The molecule has 0 spiro atoms. The van der Waals surface area contributed by atoms with Gasteiger partial charge in [-0.1, -0.05) is 85.1 Å². The van der Waals surface area contributed by atoms with Gasteiger partial charge in [0.15, 0.2) is 0 Å². The highest BCUT2D eigenvalue weighted by atomic mass is 35.5. The first-order valence-corrected chi connectivity index (χ1v) is 16.6. The Bertz CT molecular complexity index is 1670. The maximum Gasteiger partial charge on any atom is 0.264 e. The Morgan fingerprint density at radius 2 is 1.51 bits per heavy atom. The van der Waals surface area contributed by atoms with Gasteiger partial charge in [-0.15, -0.1) is 0 Å². The van der Waals surface area contributed by atoms with Crippen LogP contribution in [0.4, 0.5) is 10.1 Å². The van der Waals surface area contributed by atoms with Crippen molar-refractivity contribution in [3.8, 4) is 0 Å². The lowest BCUT2D eigenvalue weighted by Gasteiger charge is -2.34. The smallest absolute Gasteiger partial charge is 0.264 e. The molecule has 0 aliphatic carbocycles. The van der Waals surface area contributed by atoms with E-state index in [0.717, 1.165) is 40.4 Å². The molecular weight excluding hydrogens is 613 g/mol. The number of carbonyl (C=O) groups excluding carboxylic acids is 2. The van der Waals surface area contributed by atoms with Crippen molar-refractivity contribution < 1.29 is 22.4 Å². The van der Waals surface area contributed by atoms with Gasteiger partial charge in [0.25, 0.3) is 10.0 Å².